The summed E-state index contributed by atoms with van der Waals surface area (Å²) in [4.78, 5) is 16.0. The molecular formula is C12H12N2O2. The molecule has 0 saturated carbocycles. The van der Waals surface area contributed by atoms with Gasteiger partial charge in [-0.15, -0.1) is 0 Å². The van der Waals surface area contributed by atoms with Crippen LogP contribution >= 0.6 is 0 Å². The molecule has 0 N–H and O–H groups in total. The van der Waals surface area contributed by atoms with Crippen molar-refractivity contribution in [3.8, 4) is 5.75 Å². The summed E-state index contributed by atoms with van der Waals surface area (Å²) in [5, 5.41) is 0. The molecule has 16 heavy (non-hydrogen) atoms. The molecular weight excluding hydrogens is 204 g/mol. The van der Waals surface area contributed by atoms with Gasteiger partial charge in [0, 0.05) is 25.0 Å². The topological polar surface area (TPSA) is 44.1 Å². The average molecular weight is 216 g/mol. The molecule has 1 aromatic carbocycles. The molecule has 4 heteroatoms. The molecule has 0 fully saturated rings. The molecule has 0 atom stereocenters. The first-order chi connectivity index (χ1) is 7.72. The Hall–Kier alpha value is -2.10. The quantitative estimate of drug-likeness (QED) is 0.733. The van der Waals surface area contributed by atoms with Gasteiger partial charge in [-0.3, -0.25) is 4.79 Å². The fourth-order valence-corrected chi connectivity index (χ4v) is 1.46. The second kappa shape index (κ2) is 4.18. The molecule has 0 amide bonds. The lowest BCUT2D eigenvalue weighted by atomic mass is 10.1. The van der Waals surface area contributed by atoms with Crippen LogP contribution in [-0.4, -0.2) is 22.4 Å². The van der Waals surface area contributed by atoms with Crippen LogP contribution in [0.25, 0.3) is 0 Å². The van der Waals surface area contributed by atoms with Crippen molar-refractivity contribution in [2.75, 3.05) is 7.11 Å². The molecule has 1 aromatic heterocycles. The third kappa shape index (κ3) is 1.82. The Morgan fingerprint density at radius 2 is 2.00 bits per heavy atom. The third-order valence-corrected chi connectivity index (χ3v) is 2.38. The molecule has 0 aliphatic rings. The Morgan fingerprint density at radius 3 is 2.50 bits per heavy atom. The van der Waals surface area contributed by atoms with E-state index < -0.39 is 0 Å². The number of ketones is 1. The van der Waals surface area contributed by atoms with E-state index in [2.05, 4.69) is 4.98 Å². The van der Waals surface area contributed by atoms with Crippen LogP contribution < -0.4 is 4.74 Å². The van der Waals surface area contributed by atoms with E-state index in [9.17, 15) is 4.79 Å². The van der Waals surface area contributed by atoms with Crippen LogP contribution in [0, 0.1) is 0 Å². The molecule has 2 rings (SSSR count). The number of carbonyl (C=O) groups is 1. The van der Waals surface area contributed by atoms with Gasteiger partial charge in [-0.25, -0.2) is 4.98 Å². The van der Waals surface area contributed by atoms with Gasteiger partial charge in [0.15, 0.2) is 5.82 Å². The van der Waals surface area contributed by atoms with Crippen LogP contribution in [-0.2, 0) is 7.05 Å². The van der Waals surface area contributed by atoms with Crippen molar-refractivity contribution in [1.82, 2.24) is 9.55 Å². The van der Waals surface area contributed by atoms with Crippen molar-refractivity contribution in [2.24, 2.45) is 7.05 Å². The lowest BCUT2D eigenvalue weighted by Crippen LogP contribution is -2.08. The minimum Gasteiger partial charge on any atom is -0.497 e. The second-order valence-electron chi connectivity index (χ2n) is 3.42. The Balaban J connectivity index is 2.31. The van der Waals surface area contributed by atoms with E-state index in [1.54, 1.807) is 55.4 Å². The monoisotopic (exact) mass is 216 g/mol. The van der Waals surface area contributed by atoms with Gasteiger partial charge in [-0.2, -0.15) is 0 Å². The molecule has 2 aromatic rings. The van der Waals surface area contributed by atoms with Crippen molar-refractivity contribution >= 4 is 5.78 Å². The van der Waals surface area contributed by atoms with Crippen LogP contribution in [0.4, 0.5) is 0 Å². The van der Waals surface area contributed by atoms with E-state index in [0.29, 0.717) is 11.4 Å². The number of hydrogen-bond donors (Lipinski definition) is 0. The first-order valence-corrected chi connectivity index (χ1v) is 4.88. The number of carbonyl (C=O) groups excluding carboxylic acids is 1. The zero-order valence-electron chi connectivity index (χ0n) is 9.18. The van der Waals surface area contributed by atoms with Crippen molar-refractivity contribution < 1.29 is 9.53 Å². The maximum atomic E-state index is 12.0. The Labute approximate surface area is 93.5 Å². The summed E-state index contributed by atoms with van der Waals surface area (Å²) in [5.74, 6) is 1.08. The largest absolute Gasteiger partial charge is 0.497 e. The van der Waals surface area contributed by atoms with E-state index in [1.165, 1.54) is 0 Å². The molecule has 1 heterocycles. The van der Waals surface area contributed by atoms with E-state index in [1.807, 2.05) is 0 Å². The van der Waals surface area contributed by atoms with Crippen LogP contribution in [0.3, 0.4) is 0 Å². The predicted molar refractivity (Wildman–Crippen MR) is 59.6 cm³/mol. The predicted octanol–water partition coefficient (Wildman–Crippen LogP) is 1.66. The van der Waals surface area contributed by atoms with Crippen LogP contribution in [0.2, 0.25) is 0 Å². The molecule has 0 saturated heterocycles. The van der Waals surface area contributed by atoms with Crippen LogP contribution in [0.5, 0.6) is 5.75 Å². The third-order valence-electron chi connectivity index (χ3n) is 2.38. The Bertz CT molecular complexity index is 500. The van der Waals surface area contributed by atoms with Gasteiger partial charge >= 0.3 is 0 Å². The summed E-state index contributed by atoms with van der Waals surface area (Å²) < 4.78 is 6.73. The molecule has 0 aliphatic carbocycles. The zero-order chi connectivity index (χ0) is 11.5. The summed E-state index contributed by atoms with van der Waals surface area (Å²) in [6, 6.07) is 6.98. The minimum absolute atomic E-state index is 0.0878. The van der Waals surface area contributed by atoms with Crippen LogP contribution in [0.15, 0.2) is 36.7 Å². The number of benzene rings is 1. The number of aryl methyl sites for hydroxylation is 1. The van der Waals surface area contributed by atoms with Gasteiger partial charge in [0.2, 0.25) is 5.78 Å². The Morgan fingerprint density at radius 1 is 1.31 bits per heavy atom. The smallest absolute Gasteiger partial charge is 0.228 e. The van der Waals surface area contributed by atoms with Gasteiger partial charge in [-0.05, 0) is 24.3 Å². The van der Waals surface area contributed by atoms with Gasteiger partial charge in [0.05, 0.1) is 7.11 Å². The van der Waals surface area contributed by atoms with Crippen molar-refractivity contribution in [1.29, 1.82) is 0 Å². The highest BCUT2D eigenvalue weighted by Crippen LogP contribution is 2.13. The zero-order valence-corrected chi connectivity index (χ0v) is 9.18. The average Bonchev–Trinajstić information content (AvgIpc) is 2.75. The number of aromatic nitrogens is 2. The normalized spacial score (nSPS) is 10.1. The molecule has 82 valence electrons. The summed E-state index contributed by atoms with van der Waals surface area (Å²) in [6.45, 7) is 0. The molecule has 0 radical (unpaired) electrons. The summed E-state index contributed by atoms with van der Waals surface area (Å²) >= 11 is 0. The number of methoxy groups -OCH3 is 1. The summed E-state index contributed by atoms with van der Waals surface area (Å²) in [7, 11) is 3.39. The lowest BCUT2D eigenvalue weighted by molar-refractivity contribution is 0.102. The fourth-order valence-electron chi connectivity index (χ4n) is 1.46. The Kier molecular flexibility index (Phi) is 2.72. The summed E-state index contributed by atoms with van der Waals surface area (Å²) in [5.41, 5.74) is 0.607. The molecule has 0 spiro atoms. The lowest BCUT2D eigenvalue weighted by Gasteiger charge is -2.02. The highest BCUT2D eigenvalue weighted by Gasteiger charge is 2.13. The number of nitrogens with zero attached hydrogens (tertiary/aromatic N) is 2. The standard InChI is InChI=1S/C12H12N2O2/c1-14-8-7-13-12(14)11(15)9-3-5-10(16-2)6-4-9/h3-8H,1-2H3. The number of rotatable bonds is 3. The van der Waals surface area contributed by atoms with E-state index in [4.69, 9.17) is 4.74 Å². The molecule has 0 aliphatic heterocycles. The molecule has 0 unspecified atom stereocenters. The van der Waals surface area contributed by atoms with Gasteiger partial charge in [0.25, 0.3) is 0 Å². The highest BCUT2D eigenvalue weighted by molar-refractivity contribution is 6.06. The van der Waals surface area contributed by atoms with Crippen molar-refractivity contribution in [2.45, 2.75) is 0 Å². The van der Waals surface area contributed by atoms with Crippen molar-refractivity contribution in [3.63, 3.8) is 0 Å². The summed E-state index contributed by atoms with van der Waals surface area (Å²) in [6.07, 6.45) is 3.35. The van der Waals surface area contributed by atoms with E-state index in [0.717, 1.165) is 5.75 Å². The fraction of sp³-hybridized carbons (Fsp3) is 0.167. The minimum atomic E-state index is -0.0878. The number of ether oxygens (including phenoxy) is 1. The molecule has 4 nitrogen and oxygen atoms in total. The first kappa shape index (κ1) is 10.4. The van der Waals surface area contributed by atoms with Gasteiger partial charge < -0.3 is 9.30 Å². The maximum absolute atomic E-state index is 12.0. The van der Waals surface area contributed by atoms with E-state index in [-0.39, 0.29) is 5.78 Å². The number of hydrogen-bond acceptors (Lipinski definition) is 3. The van der Waals surface area contributed by atoms with E-state index >= 15 is 0 Å². The second-order valence-corrected chi connectivity index (χ2v) is 3.42. The van der Waals surface area contributed by atoms with Gasteiger partial charge in [0.1, 0.15) is 5.75 Å². The first-order valence-electron chi connectivity index (χ1n) is 4.88. The molecule has 0 bridgehead atoms. The van der Waals surface area contributed by atoms with Crippen LogP contribution in [0.1, 0.15) is 16.2 Å². The SMILES string of the molecule is COc1ccc(C(=O)c2nccn2C)cc1. The highest BCUT2D eigenvalue weighted by atomic mass is 16.5. The van der Waals surface area contributed by atoms with Crippen molar-refractivity contribution in [3.05, 3.63) is 48.0 Å². The van der Waals surface area contributed by atoms with Gasteiger partial charge in [-0.1, -0.05) is 0 Å². The maximum Gasteiger partial charge on any atom is 0.228 e. The number of imidazole rings is 1.